The first-order valence-electron chi connectivity index (χ1n) is 25.4. The average molecular weight is 997 g/mol. The van der Waals surface area contributed by atoms with Gasteiger partial charge < -0.3 is 68.1 Å². The summed E-state index contributed by atoms with van der Waals surface area (Å²) in [5.41, 5.74) is 1.73. The van der Waals surface area contributed by atoms with Crippen LogP contribution in [-0.4, -0.2) is 130 Å². The lowest BCUT2D eigenvalue weighted by atomic mass is 9.76. The van der Waals surface area contributed by atoms with Gasteiger partial charge in [-0.25, -0.2) is 14.4 Å². The lowest BCUT2D eigenvalue weighted by Gasteiger charge is -2.50. The summed E-state index contributed by atoms with van der Waals surface area (Å²) >= 11 is 0. The molecule has 2 aromatic carbocycles. The van der Waals surface area contributed by atoms with Crippen molar-refractivity contribution in [3.63, 3.8) is 0 Å². The first-order valence-corrected chi connectivity index (χ1v) is 27.4. The Kier molecular flexibility index (Phi) is 17.8. The van der Waals surface area contributed by atoms with Crippen LogP contribution in [0.2, 0.25) is 0 Å². The minimum absolute atomic E-state index is 0.00316. The second-order valence-electron chi connectivity index (χ2n) is 20.0. The summed E-state index contributed by atoms with van der Waals surface area (Å²) in [6.07, 6.45) is -1.83. The predicted octanol–water partition coefficient (Wildman–Crippen LogP) is 7.67. The summed E-state index contributed by atoms with van der Waals surface area (Å²) in [7, 11) is -0.747. The third kappa shape index (κ3) is 12.0. The molecular formula is C52H75N3O14P+. The Hall–Kier alpha value is -3.90. The number of ether oxygens (including phenoxy) is 11. The van der Waals surface area contributed by atoms with Gasteiger partial charge in [0.25, 0.3) is 0 Å². The van der Waals surface area contributed by atoms with Crippen molar-refractivity contribution >= 4 is 32.1 Å². The summed E-state index contributed by atoms with van der Waals surface area (Å²) in [5, 5.41) is 8.96. The second-order valence-corrected chi connectivity index (χ2v) is 22.0. The molecule has 0 radical (unpaired) electrons. The SMILES string of the molecule is C=[P+](C)C1OCC2OC(OC3C(NC(=O)OCc4ccccc4)CC4NC(=O)OC4C3OC3OC(CC)C(OC4OC(CNC(=O)OCc5ccccc5)C(C)C(CC)C4C)C3CC)C(C)C(C)C2O1. The van der Waals surface area contributed by atoms with Crippen molar-refractivity contribution < 1.29 is 66.5 Å². The van der Waals surface area contributed by atoms with Crippen LogP contribution in [-0.2, 0) is 65.3 Å². The molecule has 1 saturated carbocycles. The molecule has 386 valence electrons. The third-order valence-electron chi connectivity index (χ3n) is 15.5. The van der Waals surface area contributed by atoms with E-state index in [0.717, 1.165) is 17.5 Å². The molecule has 21 atom stereocenters. The summed E-state index contributed by atoms with van der Waals surface area (Å²) < 4.78 is 71.4. The van der Waals surface area contributed by atoms with Crippen LogP contribution in [0.25, 0.3) is 0 Å². The number of rotatable bonds is 17. The van der Waals surface area contributed by atoms with Gasteiger partial charge >= 0.3 is 24.3 Å². The average Bonchev–Trinajstić information content (AvgIpc) is 3.91. The molecule has 3 amide bonds. The van der Waals surface area contributed by atoms with Gasteiger partial charge in [0.1, 0.15) is 45.7 Å². The zero-order chi connectivity index (χ0) is 49.6. The van der Waals surface area contributed by atoms with E-state index in [1.807, 2.05) is 74.3 Å². The van der Waals surface area contributed by atoms with Crippen LogP contribution in [0.15, 0.2) is 60.7 Å². The molecule has 17 nitrogen and oxygen atoms in total. The van der Waals surface area contributed by atoms with Crippen molar-refractivity contribution in [1.29, 1.82) is 0 Å². The summed E-state index contributed by atoms with van der Waals surface area (Å²) in [6.45, 7) is 17.6. The van der Waals surface area contributed by atoms with E-state index >= 15 is 0 Å². The Morgan fingerprint density at radius 1 is 0.700 bits per heavy atom. The Labute approximate surface area is 413 Å². The van der Waals surface area contributed by atoms with Gasteiger partial charge in [0.2, 0.25) is 0 Å². The molecule has 0 bridgehead atoms. The van der Waals surface area contributed by atoms with Crippen molar-refractivity contribution in [2.75, 3.05) is 19.8 Å². The molecule has 2 aromatic rings. The van der Waals surface area contributed by atoms with E-state index in [0.29, 0.717) is 19.4 Å². The minimum atomic E-state index is -0.943. The van der Waals surface area contributed by atoms with Crippen LogP contribution in [0, 0.1) is 35.5 Å². The largest absolute Gasteiger partial charge is 0.445 e. The van der Waals surface area contributed by atoms with Gasteiger partial charge in [-0.1, -0.05) is 116 Å². The standard InChI is InChI=1S/C52H74N3O14P/c1-10-34-30(6)39(24-53-49(56)59-25-32-19-15-13-16-20-32)63-47(31(34)7)65-42-35(11-2)48(62-38(42)12-3)67-45-43(66-46-29(5)28(4)41-40(64-46)27-61-52(69-41)70(8)9)36(23-37-44(45)68-51(58)55-37)54-50(57)60-26-33-21-17-14-18-22-33/h13-22,28-31,34-48,52H,8,10-12,23-27H2,1-7,9H3,(H2-,53,54,55,56,57,58)/p+1. The quantitative estimate of drug-likeness (QED) is 0.103. The van der Waals surface area contributed by atoms with Gasteiger partial charge in [-0.15, -0.1) is 0 Å². The van der Waals surface area contributed by atoms with Crippen LogP contribution < -0.4 is 16.0 Å². The van der Waals surface area contributed by atoms with E-state index < -0.39 is 87.3 Å². The number of alkyl carbamates (subject to hydrolysis) is 3. The number of hydrogen-bond donors (Lipinski definition) is 3. The highest BCUT2D eigenvalue weighted by atomic mass is 31.1. The maximum atomic E-state index is 13.7. The highest BCUT2D eigenvalue weighted by molar-refractivity contribution is 7.55. The molecule has 1 aliphatic carbocycles. The first kappa shape index (κ1) is 52.4. The molecule has 0 spiro atoms. The maximum Gasteiger partial charge on any atom is 0.407 e. The van der Waals surface area contributed by atoms with E-state index in [-0.39, 0.29) is 86.0 Å². The lowest BCUT2D eigenvalue weighted by Crippen LogP contribution is -2.66. The number of nitrogens with one attached hydrogen (secondary N) is 3. The highest BCUT2D eigenvalue weighted by Crippen LogP contribution is 2.45. The summed E-state index contributed by atoms with van der Waals surface area (Å²) in [6, 6.07) is 17.3. The molecule has 0 aromatic heterocycles. The zero-order valence-electron chi connectivity index (χ0n) is 41.8. The van der Waals surface area contributed by atoms with E-state index in [4.69, 9.17) is 52.1 Å². The van der Waals surface area contributed by atoms with E-state index in [9.17, 15) is 14.4 Å². The van der Waals surface area contributed by atoms with Crippen molar-refractivity contribution in [1.82, 2.24) is 16.0 Å². The molecule has 5 aliphatic heterocycles. The minimum Gasteiger partial charge on any atom is -0.445 e. The van der Waals surface area contributed by atoms with Crippen LogP contribution in [0.4, 0.5) is 14.4 Å². The topological polar surface area (TPSA) is 189 Å². The number of fused-ring (bicyclic) bond motifs is 2. The van der Waals surface area contributed by atoms with Gasteiger partial charge in [0, 0.05) is 24.3 Å². The second kappa shape index (κ2) is 23.8. The number of carbonyl (C=O) groups is 3. The predicted molar refractivity (Wildman–Crippen MR) is 260 cm³/mol. The maximum absolute atomic E-state index is 13.7. The first-order chi connectivity index (χ1) is 33.8. The zero-order valence-corrected chi connectivity index (χ0v) is 42.7. The van der Waals surface area contributed by atoms with Crippen molar-refractivity contribution in [3.8, 4) is 0 Å². The normalized spacial score (nSPS) is 39.4. The molecule has 3 N–H and O–H groups in total. The molecule has 6 fully saturated rings. The van der Waals surface area contributed by atoms with Crippen LogP contribution >= 0.6 is 7.55 Å². The molecule has 6 aliphatic rings. The fraction of sp³-hybridized carbons (Fsp3) is 0.692. The fourth-order valence-electron chi connectivity index (χ4n) is 11.3. The Morgan fingerprint density at radius 3 is 1.96 bits per heavy atom. The summed E-state index contributed by atoms with van der Waals surface area (Å²) in [5.74, 6) is -0.0500. The number of benzene rings is 2. The number of hydrogen-bond acceptors (Lipinski definition) is 14. The van der Waals surface area contributed by atoms with Crippen LogP contribution in [0.1, 0.15) is 85.3 Å². The van der Waals surface area contributed by atoms with E-state index in [2.05, 4.69) is 63.8 Å². The highest BCUT2D eigenvalue weighted by Gasteiger charge is 2.58. The summed E-state index contributed by atoms with van der Waals surface area (Å²) in [4.78, 5) is 39.7. The molecular weight excluding hydrogens is 922 g/mol. The smallest absolute Gasteiger partial charge is 0.407 e. The van der Waals surface area contributed by atoms with Crippen molar-refractivity contribution in [2.24, 2.45) is 35.5 Å². The van der Waals surface area contributed by atoms with Crippen molar-refractivity contribution in [3.05, 3.63) is 71.8 Å². The monoisotopic (exact) mass is 996 g/mol. The molecule has 5 saturated heterocycles. The van der Waals surface area contributed by atoms with Gasteiger partial charge in [0.05, 0.1) is 49.4 Å². The fourth-order valence-corrected chi connectivity index (χ4v) is 12.0. The van der Waals surface area contributed by atoms with E-state index in [1.54, 1.807) is 0 Å². The van der Waals surface area contributed by atoms with Gasteiger partial charge in [-0.3, -0.25) is 0 Å². The molecule has 21 unspecified atom stereocenters. The van der Waals surface area contributed by atoms with E-state index in [1.165, 1.54) is 0 Å². The Bertz CT molecular complexity index is 2060. The lowest BCUT2D eigenvalue weighted by molar-refractivity contribution is -0.344. The van der Waals surface area contributed by atoms with Gasteiger partial charge in [-0.2, -0.15) is 0 Å². The third-order valence-corrected chi connectivity index (χ3v) is 16.5. The number of carbonyl (C=O) groups excluding carboxylic acids is 3. The van der Waals surface area contributed by atoms with Crippen LogP contribution in [0.5, 0.6) is 0 Å². The van der Waals surface area contributed by atoms with Gasteiger partial charge in [-0.05, 0) is 48.1 Å². The molecule has 70 heavy (non-hydrogen) atoms. The molecule has 8 rings (SSSR count). The van der Waals surface area contributed by atoms with Crippen molar-refractivity contribution in [2.45, 2.75) is 173 Å². The molecule has 18 heteroatoms. The molecule has 5 heterocycles. The van der Waals surface area contributed by atoms with Gasteiger partial charge in [0.15, 0.2) is 25.0 Å². The Balaban J connectivity index is 1.01. The Morgan fingerprint density at radius 2 is 1.31 bits per heavy atom. The van der Waals surface area contributed by atoms with Crippen LogP contribution in [0.3, 0.4) is 0 Å². The number of amides is 3.